The second-order valence-electron chi connectivity index (χ2n) is 5.10. The van der Waals surface area contributed by atoms with E-state index in [0.29, 0.717) is 11.3 Å². The zero-order valence-electron chi connectivity index (χ0n) is 12.0. The molecule has 1 rings (SSSR count). The Balaban J connectivity index is 3.64. The fraction of sp³-hybridized carbons (Fsp3) is 0.467. The number of Topliss-reactive ketones (excluding diaryl/α,β-unsaturated/α-hetero) is 1. The van der Waals surface area contributed by atoms with E-state index in [2.05, 4.69) is 0 Å². The summed E-state index contributed by atoms with van der Waals surface area (Å²) in [7, 11) is 1.46. The molecule has 1 aromatic carbocycles. The van der Waals surface area contributed by atoms with Gasteiger partial charge in [0.2, 0.25) is 0 Å². The molecule has 0 aliphatic heterocycles. The molecule has 0 aliphatic rings. The first-order chi connectivity index (χ1) is 8.81. The molecule has 0 radical (unpaired) electrons. The summed E-state index contributed by atoms with van der Waals surface area (Å²) in [6, 6.07) is 3.72. The summed E-state index contributed by atoms with van der Waals surface area (Å²) in [4.78, 5) is 23.0. The second-order valence-corrected chi connectivity index (χ2v) is 5.10. The van der Waals surface area contributed by atoms with E-state index in [0.717, 1.165) is 5.56 Å². The molecule has 104 valence electrons. The highest BCUT2D eigenvalue weighted by Gasteiger charge is 2.27. The summed E-state index contributed by atoms with van der Waals surface area (Å²) in [5.74, 6) is -1.79. The van der Waals surface area contributed by atoms with E-state index < -0.39 is 11.8 Å². The molecule has 0 bridgehead atoms. The number of carboxylic acids is 1. The SMILES string of the molecule is COc1c(C(C)C)ccc(C(C)C)c1C(=O)C(=O)O. The minimum absolute atomic E-state index is 0.0495. The summed E-state index contributed by atoms with van der Waals surface area (Å²) < 4.78 is 5.32. The van der Waals surface area contributed by atoms with Gasteiger partial charge in [0.25, 0.3) is 5.78 Å². The topological polar surface area (TPSA) is 63.6 Å². The maximum atomic E-state index is 11.9. The van der Waals surface area contributed by atoms with Crippen LogP contribution in [0.15, 0.2) is 12.1 Å². The maximum Gasteiger partial charge on any atom is 0.377 e. The van der Waals surface area contributed by atoms with Crippen LogP contribution in [-0.4, -0.2) is 24.0 Å². The predicted molar refractivity (Wildman–Crippen MR) is 73.1 cm³/mol. The van der Waals surface area contributed by atoms with E-state index in [4.69, 9.17) is 9.84 Å². The molecular weight excluding hydrogens is 244 g/mol. The normalized spacial score (nSPS) is 10.9. The minimum Gasteiger partial charge on any atom is -0.496 e. The Morgan fingerprint density at radius 2 is 1.53 bits per heavy atom. The van der Waals surface area contributed by atoms with Gasteiger partial charge in [0, 0.05) is 0 Å². The van der Waals surface area contributed by atoms with Crippen LogP contribution < -0.4 is 4.74 Å². The molecule has 1 aromatic rings. The summed E-state index contributed by atoms with van der Waals surface area (Å²) in [5.41, 5.74) is 1.72. The Morgan fingerprint density at radius 3 is 1.89 bits per heavy atom. The third-order valence-corrected chi connectivity index (χ3v) is 3.09. The fourth-order valence-electron chi connectivity index (χ4n) is 2.11. The zero-order valence-corrected chi connectivity index (χ0v) is 12.0. The molecule has 0 spiro atoms. The fourth-order valence-corrected chi connectivity index (χ4v) is 2.11. The lowest BCUT2D eigenvalue weighted by molar-refractivity contribution is -0.131. The van der Waals surface area contributed by atoms with Crippen LogP contribution in [0.5, 0.6) is 5.75 Å². The van der Waals surface area contributed by atoms with Crippen molar-refractivity contribution in [3.8, 4) is 5.75 Å². The number of aliphatic carboxylic acids is 1. The van der Waals surface area contributed by atoms with Gasteiger partial charge in [0.15, 0.2) is 0 Å². The Labute approximate surface area is 113 Å². The van der Waals surface area contributed by atoms with Crippen molar-refractivity contribution in [1.29, 1.82) is 0 Å². The van der Waals surface area contributed by atoms with Crippen molar-refractivity contribution in [2.24, 2.45) is 0 Å². The predicted octanol–water partition coefficient (Wildman–Crippen LogP) is 3.21. The van der Waals surface area contributed by atoms with Crippen LogP contribution in [-0.2, 0) is 4.79 Å². The second kappa shape index (κ2) is 5.87. The summed E-state index contributed by atoms with van der Waals surface area (Å²) in [6.07, 6.45) is 0. The molecule has 0 aliphatic carbocycles. The monoisotopic (exact) mass is 264 g/mol. The van der Waals surface area contributed by atoms with Gasteiger partial charge in [-0.15, -0.1) is 0 Å². The Hall–Kier alpha value is -1.84. The van der Waals surface area contributed by atoms with Crippen molar-refractivity contribution in [2.45, 2.75) is 39.5 Å². The van der Waals surface area contributed by atoms with E-state index in [1.54, 1.807) is 0 Å². The van der Waals surface area contributed by atoms with Crippen LogP contribution >= 0.6 is 0 Å². The summed E-state index contributed by atoms with van der Waals surface area (Å²) in [5, 5.41) is 8.99. The van der Waals surface area contributed by atoms with E-state index in [1.807, 2.05) is 39.8 Å². The molecule has 0 amide bonds. The molecule has 0 saturated heterocycles. The van der Waals surface area contributed by atoms with Gasteiger partial charge < -0.3 is 9.84 Å². The van der Waals surface area contributed by atoms with Gasteiger partial charge in [-0.3, -0.25) is 4.79 Å². The van der Waals surface area contributed by atoms with E-state index in [1.165, 1.54) is 7.11 Å². The van der Waals surface area contributed by atoms with Crippen LogP contribution in [0.2, 0.25) is 0 Å². The van der Waals surface area contributed by atoms with Crippen LogP contribution in [0.4, 0.5) is 0 Å². The molecule has 0 heterocycles. The number of ether oxygens (including phenoxy) is 1. The highest BCUT2D eigenvalue weighted by atomic mass is 16.5. The van der Waals surface area contributed by atoms with Crippen molar-refractivity contribution in [2.75, 3.05) is 7.11 Å². The number of methoxy groups -OCH3 is 1. The van der Waals surface area contributed by atoms with Gasteiger partial charge in [-0.2, -0.15) is 0 Å². The first-order valence-electron chi connectivity index (χ1n) is 6.29. The molecule has 0 unspecified atom stereocenters. The standard InChI is InChI=1S/C15H20O4/c1-8(2)10-6-7-11(9(3)4)14(19-5)12(10)13(16)15(17)18/h6-9H,1-5H3,(H,17,18). The van der Waals surface area contributed by atoms with E-state index in [9.17, 15) is 9.59 Å². The van der Waals surface area contributed by atoms with Crippen LogP contribution in [0.1, 0.15) is 61.0 Å². The van der Waals surface area contributed by atoms with Crippen molar-refractivity contribution in [1.82, 2.24) is 0 Å². The smallest absolute Gasteiger partial charge is 0.377 e. The number of benzene rings is 1. The average Bonchev–Trinajstić information content (AvgIpc) is 2.35. The number of carbonyl (C=O) groups excluding carboxylic acids is 1. The lowest BCUT2D eigenvalue weighted by Crippen LogP contribution is -2.18. The van der Waals surface area contributed by atoms with Crippen LogP contribution in [0, 0.1) is 0 Å². The van der Waals surface area contributed by atoms with Gasteiger partial charge >= 0.3 is 5.97 Å². The molecule has 1 N–H and O–H groups in total. The number of carbonyl (C=O) groups is 2. The van der Waals surface area contributed by atoms with Gasteiger partial charge in [-0.1, -0.05) is 39.8 Å². The molecule has 4 nitrogen and oxygen atoms in total. The molecule has 0 saturated carbocycles. The highest BCUT2D eigenvalue weighted by Crippen LogP contribution is 2.35. The van der Waals surface area contributed by atoms with Gasteiger partial charge in [-0.25, -0.2) is 4.79 Å². The van der Waals surface area contributed by atoms with Gasteiger partial charge in [-0.05, 0) is 23.0 Å². The van der Waals surface area contributed by atoms with Crippen LogP contribution in [0.25, 0.3) is 0 Å². The number of carboxylic acid groups (broad SMARTS) is 1. The Morgan fingerprint density at radius 1 is 1.05 bits per heavy atom. The zero-order chi connectivity index (χ0) is 14.7. The van der Waals surface area contributed by atoms with Gasteiger partial charge in [0.1, 0.15) is 5.75 Å². The van der Waals surface area contributed by atoms with Crippen LogP contribution in [0.3, 0.4) is 0 Å². The van der Waals surface area contributed by atoms with Crippen molar-refractivity contribution >= 4 is 11.8 Å². The molecule has 0 atom stereocenters. The number of hydrogen-bond acceptors (Lipinski definition) is 3. The number of hydrogen-bond donors (Lipinski definition) is 1. The third kappa shape index (κ3) is 2.95. The average molecular weight is 264 g/mol. The Bertz CT molecular complexity index is 501. The van der Waals surface area contributed by atoms with Crippen molar-refractivity contribution in [3.05, 3.63) is 28.8 Å². The largest absolute Gasteiger partial charge is 0.496 e. The highest BCUT2D eigenvalue weighted by molar-refractivity contribution is 6.41. The van der Waals surface area contributed by atoms with Crippen molar-refractivity contribution < 1.29 is 19.4 Å². The molecule has 19 heavy (non-hydrogen) atoms. The quantitative estimate of drug-likeness (QED) is 0.655. The lowest BCUT2D eigenvalue weighted by Gasteiger charge is -2.19. The summed E-state index contributed by atoms with van der Waals surface area (Å²) in [6.45, 7) is 7.79. The van der Waals surface area contributed by atoms with E-state index >= 15 is 0 Å². The first-order valence-corrected chi connectivity index (χ1v) is 6.29. The molecule has 0 fully saturated rings. The van der Waals surface area contributed by atoms with Crippen molar-refractivity contribution in [3.63, 3.8) is 0 Å². The third-order valence-electron chi connectivity index (χ3n) is 3.09. The molecule has 0 aromatic heterocycles. The van der Waals surface area contributed by atoms with E-state index in [-0.39, 0.29) is 17.4 Å². The number of rotatable bonds is 5. The summed E-state index contributed by atoms with van der Waals surface area (Å²) >= 11 is 0. The molecular formula is C15H20O4. The molecule has 4 heteroatoms. The maximum absolute atomic E-state index is 11.9. The minimum atomic E-state index is -1.46. The number of ketones is 1. The van der Waals surface area contributed by atoms with Gasteiger partial charge in [0.05, 0.1) is 12.7 Å². The Kier molecular flexibility index (Phi) is 4.70. The first kappa shape index (κ1) is 15.2. The lowest BCUT2D eigenvalue weighted by atomic mass is 9.89.